The van der Waals surface area contributed by atoms with E-state index in [9.17, 15) is 9.59 Å². The van der Waals surface area contributed by atoms with Gasteiger partial charge >= 0.3 is 11.9 Å². The zero-order valence-corrected chi connectivity index (χ0v) is 10.1. The number of carbonyl (C=O) groups is 2. The molecule has 0 aromatic carbocycles. The monoisotopic (exact) mass is 244 g/mol. The Bertz CT molecular complexity index is 295. The number of ether oxygens (including phenoxy) is 1. The number of likely N-dealkylation sites (tertiary alicyclic amines) is 1. The van der Waals surface area contributed by atoms with Crippen molar-refractivity contribution in [2.45, 2.75) is 31.7 Å². The maximum atomic E-state index is 11.4. The summed E-state index contributed by atoms with van der Waals surface area (Å²) in [5, 5.41) is 8.93. The molecule has 0 radical (unpaired) electrons. The van der Waals surface area contributed by atoms with E-state index in [1.165, 1.54) is 0 Å². The summed E-state index contributed by atoms with van der Waals surface area (Å²) in [7, 11) is 0. The number of carbonyl (C=O) groups excluding carboxylic acids is 1. The summed E-state index contributed by atoms with van der Waals surface area (Å²) in [5.74, 6) is -1.33. The van der Waals surface area contributed by atoms with E-state index < -0.39 is 11.5 Å². The largest absolute Gasteiger partial charge is 0.480 e. The second-order valence-corrected chi connectivity index (χ2v) is 4.50. The van der Waals surface area contributed by atoms with Gasteiger partial charge in [0.1, 0.15) is 5.54 Å². The van der Waals surface area contributed by atoms with Gasteiger partial charge in [0, 0.05) is 13.1 Å². The lowest BCUT2D eigenvalue weighted by atomic mass is 10.0. The molecule has 1 rings (SSSR count). The minimum Gasteiger partial charge on any atom is -0.480 e. The molecule has 3 N–H and O–H groups in total. The third-order valence-corrected chi connectivity index (χ3v) is 2.92. The van der Waals surface area contributed by atoms with E-state index in [1.807, 2.05) is 6.92 Å². The van der Waals surface area contributed by atoms with Gasteiger partial charge in [0.2, 0.25) is 0 Å². The van der Waals surface area contributed by atoms with Crippen molar-refractivity contribution in [2.75, 3.05) is 26.2 Å². The topological polar surface area (TPSA) is 92.9 Å². The Hall–Kier alpha value is -1.14. The van der Waals surface area contributed by atoms with Crippen LogP contribution in [-0.4, -0.2) is 53.7 Å². The van der Waals surface area contributed by atoms with Gasteiger partial charge in [0.25, 0.3) is 0 Å². The number of aliphatic carboxylic acids is 1. The standard InChI is InChI=1S/C11H20N2O4/c1-2-3-6-17-9(14)7-13-5-4-11(12,8-13)10(15)16/h2-8,12H2,1H3,(H,15,16). The molecular weight excluding hydrogens is 224 g/mol. The molecule has 17 heavy (non-hydrogen) atoms. The third kappa shape index (κ3) is 3.98. The quantitative estimate of drug-likeness (QED) is 0.497. The summed E-state index contributed by atoms with van der Waals surface area (Å²) in [6, 6.07) is 0. The molecule has 0 aromatic rings. The van der Waals surface area contributed by atoms with Crippen LogP contribution in [0.3, 0.4) is 0 Å². The van der Waals surface area contributed by atoms with Gasteiger partial charge in [-0.05, 0) is 12.8 Å². The van der Waals surface area contributed by atoms with Gasteiger partial charge in [-0.3, -0.25) is 14.5 Å². The summed E-state index contributed by atoms with van der Waals surface area (Å²) < 4.78 is 5.00. The van der Waals surface area contributed by atoms with Crippen molar-refractivity contribution in [1.82, 2.24) is 4.90 Å². The molecule has 1 heterocycles. The summed E-state index contributed by atoms with van der Waals surface area (Å²) >= 11 is 0. The van der Waals surface area contributed by atoms with Gasteiger partial charge in [0.05, 0.1) is 13.2 Å². The van der Waals surface area contributed by atoms with Gasteiger partial charge in [0.15, 0.2) is 0 Å². The van der Waals surface area contributed by atoms with E-state index in [4.69, 9.17) is 15.6 Å². The van der Waals surface area contributed by atoms with E-state index in [1.54, 1.807) is 4.90 Å². The lowest BCUT2D eigenvalue weighted by Gasteiger charge is -2.19. The summed E-state index contributed by atoms with van der Waals surface area (Å²) in [6.45, 7) is 3.28. The molecule has 1 atom stereocenters. The number of rotatable bonds is 6. The Labute approximate surface area is 101 Å². The van der Waals surface area contributed by atoms with Crippen molar-refractivity contribution in [3.8, 4) is 0 Å². The number of hydrogen-bond donors (Lipinski definition) is 2. The first-order chi connectivity index (χ1) is 7.98. The van der Waals surface area contributed by atoms with Crippen LogP contribution >= 0.6 is 0 Å². The highest BCUT2D eigenvalue weighted by Gasteiger charge is 2.41. The second-order valence-electron chi connectivity index (χ2n) is 4.50. The molecule has 0 bridgehead atoms. The molecule has 0 aromatic heterocycles. The number of carboxylic acids is 1. The molecule has 0 amide bonds. The Morgan fingerprint density at radius 2 is 2.24 bits per heavy atom. The average molecular weight is 244 g/mol. The van der Waals surface area contributed by atoms with Crippen molar-refractivity contribution in [3.05, 3.63) is 0 Å². The molecule has 0 spiro atoms. The van der Waals surface area contributed by atoms with Crippen molar-refractivity contribution in [1.29, 1.82) is 0 Å². The number of nitrogens with zero attached hydrogens (tertiary/aromatic N) is 1. The molecule has 6 heteroatoms. The van der Waals surface area contributed by atoms with Crippen LogP contribution in [0.25, 0.3) is 0 Å². The molecule has 1 aliphatic rings. The number of carboxylic acid groups (broad SMARTS) is 1. The van der Waals surface area contributed by atoms with Gasteiger partial charge in [-0.25, -0.2) is 0 Å². The number of hydrogen-bond acceptors (Lipinski definition) is 5. The Balaban J connectivity index is 2.30. The molecule has 98 valence electrons. The van der Waals surface area contributed by atoms with E-state index in [2.05, 4.69) is 0 Å². The average Bonchev–Trinajstić information content (AvgIpc) is 2.62. The Morgan fingerprint density at radius 3 is 2.76 bits per heavy atom. The predicted octanol–water partition coefficient (Wildman–Crippen LogP) is -0.182. The Morgan fingerprint density at radius 1 is 1.53 bits per heavy atom. The summed E-state index contributed by atoms with van der Waals surface area (Å²) in [4.78, 5) is 24.0. The fraction of sp³-hybridized carbons (Fsp3) is 0.818. The van der Waals surface area contributed by atoms with Gasteiger partial charge < -0.3 is 15.6 Å². The minimum absolute atomic E-state index is 0.121. The van der Waals surface area contributed by atoms with Crippen LogP contribution in [0.4, 0.5) is 0 Å². The summed E-state index contributed by atoms with van der Waals surface area (Å²) in [5.41, 5.74) is 4.48. The van der Waals surface area contributed by atoms with E-state index >= 15 is 0 Å². The van der Waals surface area contributed by atoms with Crippen LogP contribution in [0, 0.1) is 0 Å². The molecule has 1 saturated heterocycles. The first-order valence-electron chi connectivity index (χ1n) is 5.88. The van der Waals surface area contributed by atoms with Crippen LogP contribution < -0.4 is 5.73 Å². The predicted molar refractivity (Wildman–Crippen MR) is 61.5 cm³/mol. The number of unbranched alkanes of at least 4 members (excludes halogenated alkanes) is 1. The number of nitrogens with two attached hydrogens (primary N) is 1. The SMILES string of the molecule is CCCCOC(=O)CN1CCC(N)(C(=O)O)C1. The highest BCUT2D eigenvalue weighted by atomic mass is 16.5. The minimum atomic E-state index is -1.22. The van der Waals surface area contributed by atoms with Gasteiger partial charge in [-0.1, -0.05) is 13.3 Å². The molecule has 1 aliphatic heterocycles. The number of esters is 1. The van der Waals surface area contributed by atoms with Gasteiger partial charge in [-0.2, -0.15) is 0 Å². The molecule has 0 saturated carbocycles. The van der Waals surface area contributed by atoms with E-state index in [-0.39, 0.29) is 19.1 Å². The zero-order chi connectivity index (χ0) is 12.9. The van der Waals surface area contributed by atoms with E-state index in [0.29, 0.717) is 19.6 Å². The van der Waals surface area contributed by atoms with Crippen molar-refractivity contribution in [3.63, 3.8) is 0 Å². The van der Waals surface area contributed by atoms with Crippen LogP contribution in [0.5, 0.6) is 0 Å². The van der Waals surface area contributed by atoms with Crippen molar-refractivity contribution < 1.29 is 19.4 Å². The molecular formula is C11H20N2O4. The van der Waals surface area contributed by atoms with Crippen LogP contribution in [0.1, 0.15) is 26.2 Å². The van der Waals surface area contributed by atoms with Crippen LogP contribution in [-0.2, 0) is 14.3 Å². The highest BCUT2D eigenvalue weighted by molar-refractivity contribution is 5.79. The maximum absolute atomic E-state index is 11.4. The molecule has 0 aliphatic carbocycles. The fourth-order valence-corrected chi connectivity index (χ4v) is 1.78. The van der Waals surface area contributed by atoms with E-state index in [0.717, 1.165) is 12.8 Å². The molecule has 1 fully saturated rings. The van der Waals surface area contributed by atoms with Crippen LogP contribution in [0.15, 0.2) is 0 Å². The third-order valence-electron chi connectivity index (χ3n) is 2.92. The first-order valence-corrected chi connectivity index (χ1v) is 5.88. The zero-order valence-electron chi connectivity index (χ0n) is 10.1. The normalized spacial score (nSPS) is 24.8. The maximum Gasteiger partial charge on any atom is 0.325 e. The molecule has 6 nitrogen and oxygen atoms in total. The van der Waals surface area contributed by atoms with Crippen LogP contribution in [0.2, 0.25) is 0 Å². The molecule has 1 unspecified atom stereocenters. The van der Waals surface area contributed by atoms with Crippen molar-refractivity contribution in [2.24, 2.45) is 5.73 Å². The first kappa shape index (κ1) is 13.9. The van der Waals surface area contributed by atoms with Gasteiger partial charge in [-0.15, -0.1) is 0 Å². The second kappa shape index (κ2) is 5.97. The van der Waals surface area contributed by atoms with Crippen molar-refractivity contribution >= 4 is 11.9 Å². The fourth-order valence-electron chi connectivity index (χ4n) is 1.78. The lowest BCUT2D eigenvalue weighted by molar-refractivity contribution is -0.146. The Kier molecular flexibility index (Phi) is 4.89. The smallest absolute Gasteiger partial charge is 0.325 e. The highest BCUT2D eigenvalue weighted by Crippen LogP contribution is 2.18. The lowest BCUT2D eigenvalue weighted by Crippen LogP contribution is -2.50. The summed E-state index contributed by atoms with van der Waals surface area (Å²) in [6.07, 6.45) is 2.19.